The maximum absolute atomic E-state index is 11.5. The zero-order chi connectivity index (χ0) is 11.9. The first-order valence-electron chi connectivity index (χ1n) is 4.84. The molecule has 7 nitrogen and oxygen atoms in total. The monoisotopic (exact) mass is 224 g/mol. The maximum Gasteiger partial charge on any atom is 0.329 e. The molecule has 0 saturated heterocycles. The Hall–Kier alpha value is -2.05. The van der Waals surface area contributed by atoms with E-state index in [1.54, 1.807) is 18.7 Å². The van der Waals surface area contributed by atoms with Crippen LogP contribution < -0.4 is 16.0 Å². The molecule has 0 aliphatic carbocycles. The van der Waals surface area contributed by atoms with Gasteiger partial charge in [0, 0.05) is 14.1 Å². The van der Waals surface area contributed by atoms with E-state index < -0.39 is 11.2 Å². The molecule has 2 aromatic rings. The number of nitrogens with zero attached hydrogens (tertiary/aromatic N) is 3. The lowest BCUT2D eigenvalue weighted by molar-refractivity contribution is 0.303. The number of aromatic nitrogens is 4. The number of aryl methyl sites for hydroxylation is 2. The third kappa shape index (κ3) is 1.32. The third-order valence-electron chi connectivity index (χ3n) is 2.36. The summed E-state index contributed by atoms with van der Waals surface area (Å²) in [4.78, 5) is 29.1. The van der Waals surface area contributed by atoms with Gasteiger partial charge in [-0.1, -0.05) is 0 Å². The van der Waals surface area contributed by atoms with Crippen LogP contribution in [0.2, 0.25) is 0 Å². The molecule has 0 spiro atoms. The fraction of sp³-hybridized carbons (Fsp3) is 0.444. The molecule has 7 heteroatoms. The van der Waals surface area contributed by atoms with Crippen molar-refractivity contribution in [3.63, 3.8) is 0 Å². The van der Waals surface area contributed by atoms with E-state index in [-0.39, 0.29) is 5.52 Å². The Balaban J connectivity index is 2.91. The smallest absolute Gasteiger partial charge is 0.329 e. The summed E-state index contributed by atoms with van der Waals surface area (Å²) in [6.45, 7) is 2.27. The highest BCUT2D eigenvalue weighted by molar-refractivity contribution is 5.71. The Morgan fingerprint density at radius 2 is 2.00 bits per heavy atom. The summed E-state index contributed by atoms with van der Waals surface area (Å²) in [6.07, 6.45) is 0. The Kier molecular flexibility index (Phi) is 2.30. The van der Waals surface area contributed by atoms with E-state index in [2.05, 4.69) is 9.97 Å². The van der Waals surface area contributed by atoms with Crippen molar-refractivity contribution in [2.75, 3.05) is 6.61 Å². The van der Waals surface area contributed by atoms with Crippen molar-refractivity contribution in [3.8, 4) is 6.01 Å². The highest BCUT2D eigenvalue weighted by Crippen LogP contribution is 2.14. The molecule has 0 radical (unpaired) electrons. The predicted octanol–water partition coefficient (Wildman–Crippen LogP) is -0.641. The zero-order valence-electron chi connectivity index (χ0n) is 9.27. The Bertz CT molecular complexity index is 649. The standard InChI is InChI=1S/C9H12N4O3/c1-4-16-9-10-5-6(14)11-8(15)12(2)7(5)13(9)3/h4H2,1-3H3,(H,11,14,15). The minimum atomic E-state index is -0.500. The van der Waals surface area contributed by atoms with Crippen LogP contribution in [0.25, 0.3) is 11.2 Å². The van der Waals surface area contributed by atoms with Crippen LogP contribution in [-0.2, 0) is 14.1 Å². The molecule has 0 aliphatic rings. The number of imidazole rings is 1. The van der Waals surface area contributed by atoms with E-state index in [4.69, 9.17) is 4.74 Å². The molecule has 1 N–H and O–H groups in total. The number of H-pyrrole nitrogens is 1. The zero-order valence-corrected chi connectivity index (χ0v) is 9.27. The van der Waals surface area contributed by atoms with Gasteiger partial charge in [-0.15, -0.1) is 0 Å². The fourth-order valence-electron chi connectivity index (χ4n) is 1.60. The highest BCUT2D eigenvalue weighted by Gasteiger charge is 2.14. The summed E-state index contributed by atoms with van der Waals surface area (Å²) in [7, 11) is 3.26. The van der Waals surface area contributed by atoms with Gasteiger partial charge in [-0.25, -0.2) is 4.79 Å². The largest absolute Gasteiger partial charge is 0.465 e. The van der Waals surface area contributed by atoms with Crippen molar-refractivity contribution < 1.29 is 4.74 Å². The fourth-order valence-corrected chi connectivity index (χ4v) is 1.60. The van der Waals surface area contributed by atoms with Gasteiger partial charge in [0.1, 0.15) is 0 Å². The van der Waals surface area contributed by atoms with Crippen LogP contribution in [0.1, 0.15) is 6.92 Å². The molecule has 0 bridgehead atoms. The van der Waals surface area contributed by atoms with E-state index in [0.717, 1.165) is 0 Å². The summed E-state index contributed by atoms with van der Waals surface area (Å²) in [5.74, 6) is 0. The Morgan fingerprint density at radius 1 is 1.31 bits per heavy atom. The minimum absolute atomic E-state index is 0.202. The number of nitrogens with one attached hydrogen (secondary N) is 1. The number of hydrogen-bond acceptors (Lipinski definition) is 4. The second kappa shape index (κ2) is 3.51. The third-order valence-corrected chi connectivity index (χ3v) is 2.36. The lowest BCUT2D eigenvalue weighted by atomic mass is 10.5. The van der Waals surface area contributed by atoms with Gasteiger partial charge < -0.3 is 4.74 Å². The molecule has 0 saturated carbocycles. The number of ether oxygens (including phenoxy) is 1. The Morgan fingerprint density at radius 3 is 2.62 bits per heavy atom. The molecule has 0 aromatic carbocycles. The minimum Gasteiger partial charge on any atom is -0.465 e. The molecule has 0 aliphatic heterocycles. The number of rotatable bonds is 2. The van der Waals surface area contributed by atoms with Gasteiger partial charge in [0.15, 0.2) is 11.2 Å². The van der Waals surface area contributed by atoms with E-state index >= 15 is 0 Å². The van der Waals surface area contributed by atoms with E-state index in [9.17, 15) is 9.59 Å². The van der Waals surface area contributed by atoms with Crippen LogP contribution in [0.15, 0.2) is 9.59 Å². The van der Waals surface area contributed by atoms with Crippen LogP contribution >= 0.6 is 0 Å². The summed E-state index contributed by atoms with van der Waals surface area (Å²) < 4.78 is 8.16. The van der Waals surface area contributed by atoms with Gasteiger partial charge in [-0.3, -0.25) is 18.9 Å². The molecule has 0 unspecified atom stereocenters. The highest BCUT2D eigenvalue weighted by atomic mass is 16.5. The molecule has 2 aromatic heterocycles. The number of hydrogen-bond donors (Lipinski definition) is 1. The van der Waals surface area contributed by atoms with E-state index in [1.807, 2.05) is 6.92 Å². The van der Waals surface area contributed by atoms with Gasteiger partial charge in [-0.05, 0) is 6.92 Å². The van der Waals surface area contributed by atoms with Crippen molar-refractivity contribution in [2.45, 2.75) is 6.92 Å². The van der Waals surface area contributed by atoms with Gasteiger partial charge >= 0.3 is 5.69 Å². The first kappa shape index (κ1) is 10.5. The van der Waals surface area contributed by atoms with Crippen LogP contribution in [0.4, 0.5) is 0 Å². The number of fused-ring (bicyclic) bond motifs is 1. The summed E-state index contributed by atoms with van der Waals surface area (Å²) >= 11 is 0. The van der Waals surface area contributed by atoms with Crippen molar-refractivity contribution >= 4 is 11.2 Å². The first-order valence-corrected chi connectivity index (χ1v) is 4.84. The molecule has 0 atom stereocenters. The average molecular weight is 224 g/mol. The van der Waals surface area contributed by atoms with Crippen molar-refractivity contribution in [1.82, 2.24) is 19.1 Å². The molecule has 86 valence electrons. The molecular formula is C9H12N4O3. The normalized spacial score (nSPS) is 10.9. The van der Waals surface area contributed by atoms with Crippen LogP contribution in [0.3, 0.4) is 0 Å². The van der Waals surface area contributed by atoms with Gasteiger partial charge in [-0.2, -0.15) is 4.98 Å². The van der Waals surface area contributed by atoms with Crippen molar-refractivity contribution in [2.24, 2.45) is 14.1 Å². The maximum atomic E-state index is 11.5. The summed E-state index contributed by atoms with van der Waals surface area (Å²) in [5.41, 5.74) is -0.326. The average Bonchev–Trinajstić information content (AvgIpc) is 2.55. The number of aromatic amines is 1. The SMILES string of the molecule is CCOc1nc2c(=O)[nH]c(=O)n(C)c2n1C. The van der Waals surface area contributed by atoms with Gasteiger partial charge in [0.25, 0.3) is 11.6 Å². The quantitative estimate of drug-likeness (QED) is 0.735. The predicted molar refractivity (Wildman–Crippen MR) is 57.7 cm³/mol. The van der Waals surface area contributed by atoms with Crippen LogP contribution in [0, 0.1) is 0 Å². The summed E-state index contributed by atoms with van der Waals surface area (Å²) in [6, 6.07) is 0.323. The molecular weight excluding hydrogens is 212 g/mol. The van der Waals surface area contributed by atoms with Gasteiger partial charge in [0.2, 0.25) is 0 Å². The molecule has 16 heavy (non-hydrogen) atoms. The topological polar surface area (TPSA) is 81.9 Å². The molecule has 2 heterocycles. The van der Waals surface area contributed by atoms with Crippen LogP contribution in [-0.4, -0.2) is 25.7 Å². The lowest BCUT2D eigenvalue weighted by Crippen LogP contribution is -2.29. The van der Waals surface area contributed by atoms with E-state index in [0.29, 0.717) is 18.3 Å². The molecule has 0 fully saturated rings. The Labute approximate surface area is 90.3 Å². The van der Waals surface area contributed by atoms with Crippen molar-refractivity contribution in [3.05, 3.63) is 20.8 Å². The molecule has 2 rings (SSSR count). The summed E-state index contributed by atoms with van der Waals surface area (Å²) in [5, 5.41) is 0. The first-order chi connectivity index (χ1) is 7.56. The molecule has 0 amide bonds. The lowest BCUT2D eigenvalue weighted by Gasteiger charge is -2.03. The van der Waals surface area contributed by atoms with Crippen LogP contribution in [0.5, 0.6) is 6.01 Å². The van der Waals surface area contributed by atoms with E-state index in [1.165, 1.54) is 4.57 Å². The van der Waals surface area contributed by atoms with Crippen molar-refractivity contribution in [1.29, 1.82) is 0 Å². The second-order valence-electron chi connectivity index (χ2n) is 3.38. The van der Waals surface area contributed by atoms with Gasteiger partial charge in [0.05, 0.1) is 6.61 Å². The second-order valence-corrected chi connectivity index (χ2v) is 3.38.